The van der Waals surface area contributed by atoms with Crippen molar-refractivity contribution in [3.63, 3.8) is 0 Å². The average molecular weight is 1480 g/mol. The molecular weight excluding hydrogens is 1410 g/mol. The standard InChI is InChI=1S/C27H26ClN5O2.C26H26Cl2N4O2.C25H24Cl2N4O3/c1-3-25(34)31-23-5-4-6-24(23)33-27-29-14-17-12-16(7-10-22(17)32-27)20-13-19(15(2)11-21(20)28)26(35)30-18-8-9-18;1-5-13(2)30-19-10-15-9-17(15)25(19)32-26-29-12-16-8-14(6-7-18(16)31-26)22-23(27)20(33-3)11-21(34-4)24(22)28;1-4-21(32)29-17-7-5-6-8-18(17)31-25-28-13-15-11-14(9-10-16(15)30-25)22-23(26)19(33-2)12-20(34-3)24(22)27/h1,7,10-14,18,23-24H,4-6,8-9H2,2H3,(H,30,35)(H,31,34)(H,29,32,33);5-8,11-12,15,17,19,25,30H,1-2,9-10H2,3-4H3,(H,29,31,32);1,9-13,17-18H,5-8H2,2-3H3,(H,29,32)(H,28,30,31)/t23-,24+;15-,17-,19-,25+;17-,18+/m000/s1. The fourth-order valence-electron chi connectivity index (χ4n) is 13.8. The smallest absolute Gasteiger partial charge is 0.295 e. The minimum Gasteiger partial charge on any atom is -0.495 e. The fourth-order valence-corrected chi connectivity index (χ4v) is 15.5. The molecule has 6 aromatic carbocycles. The summed E-state index contributed by atoms with van der Waals surface area (Å²) < 4.78 is 21.6. The minimum absolute atomic E-state index is 0.00429. The minimum atomic E-state index is -0.405. The van der Waals surface area contributed by atoms with Gasteiger partial charge < -0.3 is 56.2 Å². The second kappa shape index (κ2) is 32.3. The Morgan fingerprint density at radius 2 is 0.961 bits per heavy atom. The number of benzene rings is 6. The van der Waals surface area contributed by atoms with E-state index in [1.54, 1.807) is 44.8 Å². The van der Waals surface area contributed by atoms with Gasteiger partial charge in [0.1, 0.15) is 23.0 Å². The zero-order valence-corrected chi connectivity index (χ0v) is 61.1. The lowest BCUT2D eigenvalue weighted by Crippen LogP contribution is -2.48. The number of ether oxygens (including phenoxy) is 4. The van der Waals surface area contributed by atoms with Crippen molar-refractivity contribution in [2.45, 2.75) is 120 Å². The second-order valence-corrected chi connectivity index (χ2v) is 28.0. The highest BCUT2D eigenvalue weighted by Crippen LogP contribution is 2.53. The van der Waals surface area contributed by atoms with Gasteiger partial charge in [-0.3, -0.25) is 14.4 Å². The van der Waals surface area contributed by atoms with Crippen LogP contribution in [0.5, 0.6) is 23.0 Å². The number of anilines is 3. The molecule has 14 rings (SSSR count). The molecular formula is C78H76Cl5N13O7. The summed E-state index contributed by atoms with van der Waals surface area (Å²) in [5, 5.41) is 27.3. The fraction of sp³-hybridized carbons (Fsp3) is 0.321. The molecule has 8 atom stereocenters. The van der Waals surface area contributed by atoms with Gasteiger partial charge in [0.2, 0.25) is 17.8 Å². The molecule has 530 valence electrons. The van der Waals surface area contributed by atoms with Gasteiger partial charge in [-0.2, -0.15) is 0 Å². The van der Waals surface area contributed by atoms with Crippen LogP contribution in [-0.2, 0) is 9.59 Å². The van der Waals surface area contributed by atoms with Crippen molar-refractivity contribution in [1.29, 1.82) is 0 Å². The molecule has 3 heterocycles. The third-order valence-corrected chi connectivity index (χ3v) is 21.2. The van der Waals surface area contributed by atoms with Gasteiger partial charge in [0, 0.05) is 116 Å². The molecule has 5 aliphatic carbocycles. The maximum atomic E-state index is 12.7. The predicted molar refractivity (Wildman–Crippen MR) is 410 cm³/mol. The molecule has 103 heavy (non-hydrogen) atoms. The Labute approximate surface area is 622 Å². The lowest BCUT2D eigenvalue weighted by atomic mass is 9.90. The zero-order chi connectivity index (χ0) is 72.8. The van der Waals surface area contributed by atoms with Crippen molar-refractivity contribution < 1.29 is 33.3 Å². The number of methoxy groups -OCH3 is 4. The Bertz CT molecular complexity index is 4830. The largest absolute Gasteiger partial charge is 0.495 e. The van der Waals surface area contributed by atoms with Gasteiger partial charge in [0.15, 0.2) is 0 Å². The van der Waals surface area contributed by atoms with Gasteiger partial charge in [-0.25, -0.2) is 29.9 Å². The van der Waals surface area contributed by atoms with E-state index in [0.29, 0.717) is 94.6 Å². The summed E-state index contributed by atoms with van der Waals surface area (Å²) in [6, 6.07) is 25.2. The van der Waals surface area contributed by atoms with E-state index in [4.69, 9.17) is 94.8 Å². The number of hydrogen-bond donors (Lipinski definition) is 7. The Balaban J connectivity index is 0.000000146. The van der Waals surface area contributed by atoms with E-state index in [1.165, 1.54) is 20.6 Å². The Hall–Kier alpha value is -9.80. The molecule has 3 amide bonds. The number of hydrogen-bond acceptors (Lipinski definition) is 17. The molecule has 0 radical (unpaired) electrons. The molecule has 5 fully saturated rings. The number of aromatic nitrogens is 6. The lowest BCUT2D eigenvalue weighted by molar-refractivity contribution is -0.117. The summed E-state index contributed by atoms with van der Waals surface area (Å²) in [4.78, 5) is 63.6. The summed E-state index contributed by atoms with van der Waals surface area (Å²) >= 11 is 32.9. The zero-order valence-electron chi connectivity index (χ0n) is 57.3. The Morgan fingerprint density at radius 1 is 0.524 bits per heavy atom. The summed E-state index contributed by atoms with van der Waals surface area (Å²) in [5.74, 6) is 8.28. The van der Waals surface area contributed by atoms with Crippen LogP contribution < -0.4 is 56.2 Å². The SMILES string of the molecule is C#CC(=O)N[C@H]1CCCC[C@H]1Nc1ncc2cc(-c3c(Cl)c(OC)cc(OC)c3Cl)ccc2n1.C#CC(=O)N[C@H]1CCC[C@H]1Nc1ncc2cc(-c3cc(C(=O)NC4CC4)c(C)cc3Cl)ccc2n1.C=CC(=C)N[C@H]1C[C@@H]2C[C@@H]2[C@H]1Nc1ncc2cc(-c3c(Cl)c(OC)cc(OC)c3Cl)ccc2n1. The molecule has 20 nitrogen and oxygen atoms in total. The number of fused-ring (bicyclic) bond motifs is 4. The van der Waals surface area contributed by atoms with Gasteiger partial charge in [0.25, 0.3) is 17.7 Å². The van der Waals surface area contributed by atoms with Crippen molar-refractivity contribution in [2.75, 3.05) is 44.4 Å². The van der Waals surface area contributed by atoms with Crippen molar-refractivity contribution in [1.82, 2.24) is 51.2 Å². The van der Waals surface area contributed by atoms with Crippen LogP contribution in [0.3, 0.4) is 0 Å². The molecule has 25 heteroatoms. The van der Waals surface area contributed by atoms with Crippen LogP contribution in [0.4, 0.5) is 17.8 Å². The maximum absolute atomic E-state index is 12.7. The third-order valence-electron chi connectivity index (χ3n) is 19.4. The van der Waals surface area contributed by atoms with E-state index < -0.39 is 11.8 Å². The van der Waals surface area contributed by atoms with Crippen LogP contribution in [0.2, 0.25) is 25.1 Å². The number of carbonyl (C=O) groups is 3. The number of carbonyl (C=O) groups excluding carboxylic acids is 3. The van der Waals surface area contributed by atoms with Crippen molar-refractivity contribution in [3.05, 3.63) is 159 Å². The van der Waals surface area contributed by atoms with Crippen molar-refractivity contribution in [3.8, 4) is 81.1 Å². The van der Waals surface area contributed by atoms with Gasteiger partial charge in [-0.1, -0.05) is 102 Å². The number of nitrogens with one attached hydrogen (secondary N) is 7. The average Bonchev–Trinajstić information content (AvgIpc) is 1.26. The van der Waals surface area contributed by atoms with E-state index in [1.807, 2.05) is 79.9 Å². The molecule has 7 N–H and O–H groups in total. The van der Waals surface area contributed by atoms with E-state index in [2.05, 4.69) is 87.1 Å². The van der Waals surface area contributed by atoms with E-state index >= 15 is 0 Å². The molecule has 0 spiro atoms. The number of allylic oxidation sites excluding steroid dienone is 1. The lowest BCUT2D eigenvalue weighted by Gasteiger charge is -2.32. The molecule has 0 unspecified atom stereocenters. The van der Waals surface area contributed by atoms with E-state index in [-0.39, 0.29) is 42.2 Å². The highest BCUT2D eigenvalue weighted by molar-refractivity contribution is 6.42. The molecule has 5 aliphatic rings. The molecule has 0 aliphatic heterocycles. The molecule has 0 bridgehead atoms. The summed E-state index contributed by atoms with van der Waals surface area (Å²) in [6.45, 7) is 9.70. The molecule has 5 saturated carbocycles. The van der Waals surface area contributed by atoms with Gasteiger partial charge in [-0.15, -0.1) is 12.8 Å². The first-order valence-electron chi connectivity index (χ1n) is 33.8. The quantitative estimate of drug-likeness (QED) is 0.0277. The molecule has 0 saturated heterocycles. The van der Waals surface area contributed by atoms with Gasteiger partial charge in [-0.05, 0) is 165 Å². The van der Waals surface area contributed by atoms with Gasteiger partial charge >= 0.3 is 0 Å². The third kappa shape index (κ3) is 16.7. The van der Waals surface area contributed by atoms with Crippen LogP contribution in [0, 0.1) is 43.4 Å². The predicted octanol–water partition coefficient (Wildman–Crippen LogP) is 15.4. The monoisotopic (exact) mass is 1480 g/mol. The molecule has 9 aromatic rings. The first-order chi connectivity index (χ1) is 49.8. The number of terminal acetylenes is 2. The Morgan fingerprint density at radius 3 is 1.42 bits per heavy atom. The topological polar surface area (TPSA) is 250 Å². The van der Waals surface area contributed by atoms with Crippen molar-refractivity contribution >= 4 is 126 Å². The first kappa shape index (κ1) is 73.0. The van der Waals surface area contributed by atoms with Gasteiger partial charge in [0.05, 0.1) is 71.1 Å². The first-order valence-corrected chi connectivity index (χ1v) is 35.7. The number of nitrogens with zero attached hydrogens (tertiary/aromatic N) is 6. The highest BCUT2D eigenvalue weighted by Gasteiger charge is 2.54. The van der Waals surface area contributed by atoms with E-state index in [9.17, 15) is 14.4 Å². The van der Waals surface area contributed by atoms with Crippen molar-refractivity contribution in [2.24, 2.45) is 11.8 Å². The van der Waals surface area contributed by atoms with Crippen LogP contribution in [0.15, 0.2) is 122 Å². The number of aryl methyl sites for hydroxylation is 1. The Kier molecular flexibility index (Phi) is 22.8. The van der Waals surface area contributed by atoms with Crippen LogP contribution >= 0.6 is 58.0 Å². The van der Waals surface area contributed by atoms with Crippen LogP contribution in [0.1, 0.15) is 86.6 Å². The number of amides is 3. The summed E-state index contributed by atoms with van der Waals surface area (Å²) in [6.07, 6.45) is 28.5. The highest BCUT2D eigenvalue weighted by atomic mass is 35.5. The number of halogens is 5. The summed E-state index contributed by atoms with van der Waals surface area (Å²) in [5.41, 5.74) is 9.23. The maximum Gasteiger partial charge on any atom is 0.295 e. The molecule has 3 aromatic heterocycles. The van der Waals surface area contributed by atoms with Crippen LogP contribution in [0.25, 0.3) is 66.1 Å². The van der Waals surface area contributed by atoms with Crippen LogP contribution in [-0.4, -0.2) is 118 Å². The number of rotatable bonds is 20. The van der Waals surface area contributed by atoms with E-state index in [0.717, 1.165) is 136 Å². The summed E-state index contributed by atoms with van der Waals surface area (Å²) in [7, 11) is 6.19. The normalized spacial score (nSPS) is 19.8. The second-order valence-electron chi connectivity index (χ2n) is 26.1.